The minimum Gasteiger partial charge on any atom is -0.326 e. The average molecular weight is 360 g/mol. The monoisotopic (exact) mass is 360 g/mol. The third-order valence-electron chi connectivity index (χ3n) is 4.78. The van der Waals surface area contributed by atoms with E-state index < -0.39 is 5.92 Å². The number of rotatable bonds is 4. The Balaban J connectivity index is 1.48. The summed E-state index contributed by atoms with van der Waals surface area (Å²) >= 11 is 0. The van der Waals surface area contributed by atoms with Gasteiger partial charge < -0.3 is 10.6 Å². The van der Waals surface area contributed by atoms with Gasteiger partial charge in [-0.05, 0) is 24.1 Å². The molecule has 0 saturated heterocycles. The molecule has 0 bridgehead atoms. The highest BCUT2D eigenvalue weighted by atomic mass is 16.2. The molecule has 1 aliphatic rings. The van der Waals surface area contributed by atoms with Gasteiger partial charge in [-0.1, -0.05) is 48.5 Å². The van der Waals surface area contributed by atoms with E-state index in [0.717, 1.165) is 22.4 Å². The molecule has 0 unspecified atom stereocenters. The number of anilines is 2. The van der Waals surface area contributed by atoms with Gasteiger partial charge in [0.15, 0.2) is 0 Å². The van der Waals surface area contributed by atoms with Crippen LogP contribution in [-0.2, 0) is 16.1 Å². The van der Waals surface area contributed by atoms with Crippen LogP contribution >= 0.6 is 0 Å². The molecule has 4 rings (SSSR count). The number of hydrogen-bond acceptors (Lipinski definition) is 3. The number of para-hydroxylation sites is 1. The highest BCUT2D eigenvalue weighted by molar-refractivity contribution is 6.00. The van der Waals surface area contributed by atoms with Crippen LogP contribution in [0.4, 0.5) is 11.5 Å². The third-order valence-corrected chi connectivity index (χ3v) is 4.78. The second kappa shape index (κ2) is 7.07. The van der Waals surface area contributed by atoms with Gasteiger partial charge in [0, 0.05) is 17.7 Å². The number of benzene rings is 2. The van der Waals surface area contributed by atoms with Crippen molar-refractivity contribution < 1.29 is 9.59 Å². The largest absolute Gasteiger partial charge is 0.326 e. The van der Waals surface area contributed by atoms with Gasteiger partial charge in [-0.25, -0.2) is 4.68 Å². The van der Waals surface area contributed by atoms with E-state index in [1.807, 2.05) is 61.5 Å². The number of nitrogens with zero attached hydrogens (tertiary/aromatic N) is 2. The van der Waals surface area contributed by atoms with Crippen molar-refractivity contribution in [2.45, 2.75) is 19.9 Å². The number of aryl methyl sites for hydroxylation is 1. The first-order valence-corrected chi connectivity index (χ1v) is 8.89. The SMILES string of the molecule is Cc1ccccc1NC(=O)C[C@H]1Cn2ncc(-c3ccccc3)c2NC1=O. The Morgan fingerprint density at radius 3 is 2.70 bits per heavy atom. The molecule has 0 aliphatic carbocycles. The predicted octanol–water partition coefficient (Wildman–Crippen LogP) is 3.46. The van der Waals surface area contributed by atoms with Crippen LogP contribution < -0.4 is 10.6 Å². The molecule has 0 saturated carbocycles. The van der Waals surface area contributed by atoms with Crippen molar-refractivity contribution in [3.8, 4) is 11.1 Å². The Morgan fingerprint density at radius 2 is 1.93 bits per heavy atom. The molecular weight excluding hydrogens is 340 g/mol. The van der Waals surface area contributed by atoms with Crippen molar-refractivity contribution in [2.75, 3.05) is 10.6 Å². The Labute approximate surface area is 157 Å². The first-order chi connectivity index (χ1) is 13.1. The van der Waals surface area contributed by atoms with Crippen LogP contribution in [0.25, 0.3) is 11.1 Å². The first kappa shape index (κ1) is 17.0. The lowest BCUT2D eigenvalue weighted by Crippen LogP contribution is -2.36. The van der Waals surface area contributed by atoms with Gasteiger partial charge in [0.25, 0.3) is 0 Å². The van der Waals surface area contributed by atoms with Crippen LogP contribution in [0.15, 0.2) is 60.8 Å². The summed E-state index contributed by atoms with van der Waals surface area (Å²) < 4.78 is 1.76. The molecule has 2 N–H and O–H groups in total. The molecule has 0 spiro atoms. The van der Waals surface area contributed by atoms with E-state index in [-0.39, 0.29) is 18.2 Å². The van der Waals surface area contributed by atoms with Gasteiger partial charge in [-0.15, -0.1) is 0 Å². The molecule has 2 heterocycles. The lowest BCUT2D eigenvalue weighted by molar-refractivity contribution is -0.125. The van der Waals surface area contributed by atoms with Gasteiger partial charge in [-0.3, -0.25) is 9.59 Å². The molecule has 1 aliphatic heterocycles. The van der Waals surface area contributed by atoms with E-state index in [9.17, 15) is 9.59 Å². The fourth-order valence-electron chi connectivity index (χ4n) is 3.29. The van der Waals surface area contributed by atoms with Crippen molar-refractivity contribution in [1.82, 2.24) is 9.78 Å². The lowest BCUT2D eigenvalue weighted by Gasteiger charge is -2.24. The smallest absolute Gasteiger partial charge is 0.231 e. The molecule has 6 heteroatoms. The maximum Gasteiger partial charge on any atom is 0.231 e. The summed E-state index contributed by atoms with van der Waals surface area (Å²) in [4.78, 5) is 25.0. The number of aromatic nitrogens is 2. The summed E-state index contributed by atoms with van der Waals surface area (Å²) in [7, 11) is 0. The van der Waals surface area contributed by atoms with E-state index in [1.54, 1.807) is 10.9 Å². The summed E-state index contributed by atoms with van der Waals surface area (Å²) in [5.74, 6) is -0.102. The number of amides is 2. The highest BCUT2D eigenvalue weighted by Gasteiger charge is 2.30. The number of hydrogen-bond donors (Lipinski definition) is 2. The fourth-order valence-corrected chi connectivity index (χ4v) is 3.29. The normalized spacial score (nSPS) is 15.7. The maximum atomic E-state index is 12.6. The molecule has 0 radical (unpaired) electrons. The summed E-state index contributed by atoms with van der Waals surface area (Å²) in [5, 5.41) is 10.2. The third kappa shape index (κ3) is 3.46. The van der Waals surface area contributed by atoms with Crippen molar-refractivity contribution >= 4 is 23.3 Å². The van der Waals surface area contributed by atoms with Crippen LogP contribution in [0.3, 0.4) is 0 Å². The molecule has 27 heavy (non-hydrogen) atoms. The topological polar surface area (TPSA) is 76.0 Å². The molecule has 6 nitrogen and oxygen atoms in total. The molecule has 3 aromatic rings. The summed E-state index contributed by atoms with van der Waals surface area (Å²) in [5.41, 5.74) is 3.63. The van der Waals surface area contributed by atoms with E-state index >= 15 is 0 Å². The van der Waals surface area contributed by atoms with Crippen molar-refractivity contribution in [2.24, 2.45) is 5.92 Å². The Bertz CT molecular complexity index is 994. The zero-order valence-corrected chi connectivity index (χ0v) is 15.0. The van der Waals surface area contributed by atoms with Gasteiger partial charge >= 0.3 is 0 Å². The molecular formula is C21H20N4O2. The number of carbonyl (C=O) groups is 2. The van der Waals surface area contributed by atoms with Crippen LogP contribution in [0.1, 0.15) is 12.0 Å². The second-order valence-electron chi connectivity index (χ2n) is 6.71. The van der Waals surface area contributed by atoms with E-state index in [1.165, 1.54) is 0 Å². The van der Waals surface area contributed by atoms with E-state index in [0.29, 0.717) is 12.4 Å². The molecule has 1 atom stereocenters. The Morgan fingerprint density at radius 1 is 1.19 bits per heavy atom. The standard InChI is InChI=1S/C21H20N4O2/c1-14-7-5-6-10-18(14)23-19(26)11-16-13-25-20(24-21(16)27)17(12-22-25)15-8-3-2-4-9-15/h2-10,12,16H,11,13H2,1H3,(H,23,26)(H,24,27)/t16-/m0/s1. The number of carbonyl (C=O) groups excluding carboxylic acids is 2. The fraction of sp³-hybridized carbons (Fsp3) is 0.190. The minimum atomic E-state index is -0.454. The maximum absolute atomic E-state index is 12.6. The summed E-state index contributed by atoms with van der Waals surface area (Å²) in [6.45, 7) is 2.32. The van der Waals surface area contributed by atoms with Gasteiger partial charge in [0.2, 0.25) is 11.8 Å². The lowest BCUT2D eigenvalue weighted by atomic mass is 10.0. The molecule has 2 amide bonds. The second-order valence-corrected chi connectivity index (χ2v) is 6.71. The predicted molar refractivity (Wildman–Crippen MR) is 104 cm³/mol. The van der Waals surface area contributed by atoms with E-state index in [2.05, 4.69) is 15.7 Å². The van der Waals surface area contributed by atoms with E-state index in [4.69, 9.17) is 0 Å². The molecule has 1 aromatic heterocycles. The van der Waals surface area contributed by atoms with Crippen molar-refractivity contribution in [3.05, 3.63) is 66.4 Å². The highest BCUT2D eigenvalue weighted by Crippen LogP contribution is 2.31. The van der Waals surface area contributed by atoms with Crippen LogP contribution in [0.5, 0.6) is 0 Å². The zero-order chi connectivity index (χ0) is 18.8. The Hall–Kier alpha value is -3.41. The molecule has 136 valence electrons. The molecule has 2 aromatic carbocycles. The average Bonchev–Trinajstić information content (AvgIpc) is 3.07. The van der Waals surface area contributed by atoms with Crippen LogP contribution in [0, 0.1) is 12.8 Å². The van der Waals surface area contributed by atoms with Gasteiger partial charge in [0.05, 0.1) is 18.7 Å². The van der Waals surface area contributed by atoms with Crippen LogP contribution in [-0.4, -0.2) is 21.6 Å². The van der Waals surface area contributed by atoms with Gasteiger partial charge in [-0.2, -0.15) is 5.10 Å². The van der Waals surface area contributed by atoms with Crippen molar-refractivity contribution in [1.29, 1.82) is 0 Å². The quantitative estimate of drug-likeness (QED) is 0.748. The minimum absolute atomic E-state index is 0.111. The first-order valence-electron chi connectivity index (χ1n) is 8.89. The number of nitrogens with one attached hydrogen (secondary N) is 2. The summed E-state index contributed by atoms with van der Waals surface area (Å²) in [6.07, 6.45) is 1.86. The number of fused-ring (bicyclic) bond motifs is 1. The summed E-state index contributed by atoms with van der Waals surface area (Å²) in [6, 6.07) is 17.4. The van der Waals surface area contributed by atoms with Crippen LogP contribution in [0.2, 0.25) is 0 Å². The van der Waals surface area contributed by atoms with Crippen molar-refractivity contribution in [3.63, 3.8) is 0 Å². The Kier molecular flexibility index (Phi) is 4.46. The zero-order valence-electron chi connectivity index (χ0n) is 15.0. The van der Waals surface area contributed by atoms with Gasteiger partial charge in [0.1, 0.15) is 5.82 Å². The molecule has 0 fully saturated rings.